The van der Waals surface area contributed by atoms with Crippen LogP contribution in [0.25, 0.3) is 0 Å². The molecule has 1 aliphatic carbocycles. The third-order valence-corrected chi connectivity index (χ3v) is 8.00. The van der Waals surface area contributed by atoms with Crippen LogP contribution >= 0.6 is 15.9 Å². The van der Waals surface area contributed by atoms with Gasteiger partial charge in [0.05, 0.1) is 5.92 Å². The number of rotatable bonds is 2. The summed E-state index contributed by atoms with van der Waals surface area (Å²) in [5.41, 5.74) is 4.22. The van der Waals surface area contributed by atoms with Crippen molar-refractivity contribution in [2.45, 2.75) is 43.4 Å². The van der Waals surface area contributed by atoms with E-state index in [1.54, 1.807) is 0 Å². The molecule has 2 heterocycles. The third kappa shape index (κ3) is 3.44. The van der Waals surface area contributed by atoms with E-state index in [0.29, 0.717) is 11.8 Å². The van der Waals surface area contributed by atoms with Crippen LogP contribution in [0.1, 0.15) is 48.3 Å². The van der Waals surface area contributed by atoms with E-state index >= 15 is 0 Å². The van der Waals surface area contributed by atoms with E-state index in [1.807, 2.05) is 0 Å². The van der Waals surface area contributed by atoms with Gasteiger partial charge in [0.25, 0.3) is 0 Å². The minimum absolute atomic E-state index is 0.0370. The van der Waals surface area contributed by atoms with Crippen molar-refractivity contribution in [1.29, 1.82) is 0 Å². The normalized spacial score (nSPS) is 27.2. The summed E-state index contributed by atoms with van der Waals surface area (Å²) < 4.78 is 1.12. The fraction of sp³-hybridized carbons (Fsp3) is 0.480. The molecule has 2 aromatic rings. The summed E-state index contributed by atoms with van der Waals surface area (Å²) in [6.45, 7) is 3.50. The number of nitrogens with one attached hydrogen (secondary N) is 1. The molecule has 0 aromatic heterocycles. The van der Waals surface area contributed by atoms with Crippen molar-refractivity contribution in [2.24, 2.45) is 5.92 Å². The van der Waals surface area contributed by atoms with E-state index in [2.05, 4.69) is 74.7 Å². The van der Waals surface area contributed by atoms with Crippen molar-refractivity contribution >= 4 is 21.8 Å². The lowest BCUT2D eigenvalue weighted by molar-refractivity contribution is -0.138. The van der Waals surface area contributed by atoms with Gasteiger partial charge in [-0.1, -0.05) is 52.3 Å². The van der Waals surface area contributed by atoms with Gasteiger partial charge in [0.2, 0.25) is 5.91 Å². The van der Waals surface area contributed by atoms with Gasteiger partial charge < -0.3 is 10.2 Å². The molecule has 0 saturated carbocycles. The summed E-state index contributed by atoms with van der Waals surface area (Å²) in [5, 5.41) is 3.59. The average Bonchev–Trinajstić information content (AvgIpc) is 3.19. The smallest absolute Gasteiger partial charge is 0.227 e. The molecule has 3 aliphatic rings. The molecular weight excluding hydrogens is 424 g/mol. The summed E-state index contributed by atoms with van der Waals surface area (Å²) in [4.78, 5) is 15.8. The fourth-order valence-corrected chi connectivity index (χ4v) is 6.33. The molecule has 152 valence electrons. The molecule has 1 N–H and O–H groups in total. The second kappa shape index (κ2) is 7.88. The first kappa shape index (κ1) is 19.3. The number of amides is 1. The van der Waals surface area contributed by atoms with Crippen LogP contribution in [0.3, 0.4) is 0 Å². The zero-order valence-electron chi connectivity index (χ0n) is 16.9. The van der Waals surface area contributed by atoms with Crippen molar-refractivity contribution in [3.8, 4) is 0 Å². The lowest BCUT2D eigenvalue weighted by atomic mass is 9.64. The Balaban J connectivity index is 1.35. The molecule has 0 radical (unpaired) electrons. The first-order chi connectivity index (χ1) is 14.2. The molecule has 3 nitrogen and oxygen atoms in total. The van der Waals surface area contributed by atoms with Crippen LogP contribution in [0.2, 0.25) is 0 Å². The van der Waals surface area contributed by atoms with Gasteiger partial charge in [0.1, 0.15) is 0 Å². The topological polar surface area (TPSA) is 32.3 Å². The summed E-state index contributed by atoms with van der Waals surface area (Å²) in [6.07, 6.45) is 5.57. The van der Waals surface area contributed by atoms with Gasteiger partial charge in [-0.2, -0.15) is 0 Å². The standard InChI is InChI=1S/C25H29BrN2O/c26-21-9-8-20-7-4-12-25(22(20)15-21)17-27-16-23(25)24(29)28-13-10-19(11-14-28)18-5-2-1-3-6-18/h1-3,5-6,8-9,15,19,23,27H,4,7,10-14,16-17H2. The van der Waals surface area contributed by atoms with E-state index in [9.17, 15) is 4.79 Å². The minimum atomic E-state index is -0.0370. The molecule has 2 fully saturated rings. The molecule has 5 rings (SSSR count). The van der Waals surface area contributed by atoms with Crippen LogP contribution in [0, 0.1) is 5.92 Å². The number of piperidine rings is 1. The number of nitrogens with zero attached hydrogens (tertiary/aromatic N) is 1. The van der Waals surface area contributed by atoms with Gasteiger partial charge in [-0.25, -0.2) is 0 Å². The van der Waals surface area contributed by atoms with Crippen molar-refractivity contribution < 1.29 is 4.79 Å². The number of carbonyl (C=O) groups is 1. The van der Waals surface area contributed by atoms with Crippen LogP contribution in [-0.4, -0.2) is 37.0 Å². The Morgan fingerprint density at radius 1 is 1.10 bits per heavy atom. The zero-order chi connectivity index (χ0) is 19.8. The molecule has 2 aliphatic heterocycles. The van der Waals surface area contributed by atoms with Gasteiger partial charge >= 0.3 is 0 Å². The highest BCUT2D eigenvalue weighted by Gasteiger charge is 2.51. The van der Waals surface area contributed by atoms with E-state index in [1.165, 1.54) is 23.1 Å². The van der Waals surface area contributed by atoms with Gasteiger partial charge in [-0.05, 0) is 66.8 Å². The van der Waals surface area contributed by atoms with Crippen molar-refractivity contribution in [3.05, 3.63) is 69.7 Å². The largest absolute Gasteiger partial charge is 0.342 e. The van der Waals surface area contributed by atoms with Crippen LogP contribution in [0.15, 0.2) is 53.0 Å². The monoisotopic (exact) mass is 452 g/mol. The Bertz CT molecular complexity index is 891. The molecule has 4 heteroatoms. The number of hydrogen-bond acceptors (Lipinski definition) is 2. The Hall–Kier alpha value is -1.65. The summed E-state index contributed by atoms with van der Waals surface area (Å²) in [5.74, 6) is 1.01. The molecule has 1 spiro atoms. The van der Waals surface area contributed by atoms with Crippen LogP contribution in [0.4, 0.5) is 0 Å². The maximum Gasteiger partial charge on any atom is 0.227 e. The lowest BCUT2D eigenvalue weighted by Crippen LogP contribution is -2.49. The zero-order valence-corrected chi connectivity index (χ0v) is 18.5. The number of halogens is 1. The summed E-state index contributed by atoms with van der Waals surface area (Å²) in [7, 11) is 0. The van der Waals surface area contributed by atoms with Gasteiger partial charge in [0.15, 0.2) is 0 Å². The first-order valence-electron chi connectivity index (χ1n) is 11.0. The molecule has 0 bridgehead atoms. The Morgan fingerprint density at radius 3 is 2.69 bits per heavy atom. The molecule has 2 aromatic carbocycles. The predicted molar refractivity (Wildman–Crippen MR) is 120 cm³/mol. The maximum absolute atomic E-state index is 13.7. The van der Waals surface area contributed by atoms with Gasteiger partial charge in [-0.3, -0.25) is 4.79 Å². The average molecular weight is 453 g/mol. The molecule has 2 saturated heterocycles. The number of aryl methyl sites for hydroxylation is 1. The van der Waals surface area contributed by atoms with E-state index in [-0.39, 0.29) is 11.3 Å². The highest BCUT2D eigenvalue weighted by molar-refractivity contribution is 9.10. The second-order valence-electron chi connectivity index (χ2n) is 9.00. The molecule has 1 amide bonds. The van der Waals surface area contributed by atoms with E-state index < -0.39 is 0 Å². The molecule has 2 atom stereocenters. The fourth-order valence-electron chi connectivity index (χ4n) is 5.97. The Kier molecular flexibility index (Phi) is 5.25. The van der Waals surface area contributed by atoms with E-state index in [4.69, 9.17) is 0 Å². The quantitative estimate of drug-likeness (QED) is 0.718. The van der Waals surface area contributed by atoms with Crippen LogP contribution in [0.5, 0.6) is 0 Å². The van der Waals surface area contributed by atoms with Gasteiger partial charge in [0, 0.05) is 36.1 Å². The summed E-state index contributed by atoms with van der Waals surface area (Å²) >= 11 is 3.67. The number of benzene rings is 2. The van der Waals surface area contributed by atoms with Crippen LogP contribution < -0.4 is 5.32 Å². The van der Waals surface area contributed by atoms with Crippen LogP contribution in [-0.2, 0) is 16.6 Å². The molecule has 2 unspecified atom stereocenters. The SMILES string of the molecule is O=C(C1CNCC12CCCc1ccc(Br)cc12)N1CCC(c2ccccc2)CC1. The van der Waals surface area contributed by atoms with E-state index in [0.717, 1.165) is 56.3 Å². The number of fused-ring (bicyclic) bond motifs is 2. The van der Waals surface area contributed by atoms with Crippen molar-refractivity contribution in [3.63, 3.8) is 0 Å². The summed E-state index contributed by atoms with van der Waals surface area (Å²) in [6, 6.07) is 17.5. The van der Waals surface area contributed by atoms with Gasteiger partial charge in [-0.15, -0.1) is 0 Å². The Labute approximate surface area is 182 Å². The highest BCUT2D eigenvalue weighted by Crippen LogP contribution is 2.46. The lowest BCUT2D eigenvalue weighted by Gasteiger charge is -2.42. The Morgan fingerprint density at radius 2 is 1.90 bits per heavy atom. The first-order valence-corrected chi connectivity index (χ1v) is 11.8. The van der Waals surface area contributed by atoms with Crippen molar-refractivity contribution in [2.75, 3.05) is 26.2 Å². The predicted octanol–water partition coefficient (Wildman–Crippen LogP) is 4.65. The minimum Gasteiger partial charge on any atom is -0.342 e. The number of carbonyl (C=O) groups excluding carboxylic acids is 1. The number of likely N-dealkylation sites (tertiary alicyclic amines) is 1. The third-order valence-electron chi connectivity index (χ3n) is 7.51. The number of hydrogen-bond donors (Lipinski definition) is 1. The molecular formula is C25H29BrN2O. The van der Waals surface area contributed by atoms with Crippen molar-refractivity contribution in [1.82, 2.24) is 10.2 Å². The highest BCUT2D eigenvalue weighted by atomic mass is 79.9. The molecule has 29 heavy (non-hydrogen) atoms. The second-order valence-corrected chi connectivity index (χ2v) is 9.92. The maximum atomic E-state index is 13.7.